The molecule has 2 aromatic carbocycles. The van der Waals surface area contributed by atoms with E-state index >= 15 is 0 Å². The second-order valence-electron chi connectivity index (χ2n) is 4.77. The molecule has 0 fully saturated rings. The van der Waals surface area contributed by atoms with Crippen molar-refractivity contribution < 1.29 is 19.1 Å². The van der Waals surface area contributed by atoms with Crippen LogP contribution in [-0.4, -0.2) is 11.9 Å². The molecule has 23 heavy (non-hydrogen) atoms. The summed E-state index contributed by atoms with van der Waals surface area (Å²) in [7, 11) is 0. The van der Waals surface area contributed by atoms with Crippen LogP contribution in [0.25, 0.3) is 0 Å². The van der Waals surface area contributed by atoms with Gasteiger partial charge in [-0.1, -0.05) is 67.6 Å². The third-order valence-corrected chi connectivity index (χ3v) is 2.82. The fraction of sp³-hybridized carbons (Fsp3) is 0.263. The average Bonchev–Trinajstić information content (AvgIpc) is 2.60. The van der Waals surface area contributed by atoms with Crippen LogP contribution < -0.4 is 0 Å². The van der Waals surface area contributed by atoms with Crippen molar-refractivity contribution >= 4 is 11.9 Å². The molecule has 0 atom stereocenters. The molecule has 0 aliphatic rings. The maximum atomic E-state index is 10.8. The predicted octanol–water partition coefficient (Wildman–Crippen LogP) is 3.89. The Kier molecular flexibility index (Phi) is 8.83. The summed E-state index contributed by atoms with van der Waals surface area (Å²) in [5, 5.41) is 0. The standard InChI is InChI=1S/C10H12O2.C9H10O2/c1-2-10(11)12-8-9-6-4-3-5-7-9;1-8(10)11-7-9-5-3-2-4-6-9/h3-7H,2,8H2,1H3;2-6H,7H2,1H3. The largest absolute Gasteiger partial charge is 0.461 e. The Labute approximate surface area is 137 Å². The molecule has 0 aliphatic heterocycles. The van der Waals surface area contributed by atoms with Crippen LogP contribution in [0.5, 0.6) is 0 Å². The summed E-state index contributed by atoms with van der Waals surface area (Å²) in [4.78, 5) is 21.2. The van der Waals surface area contributed by atoms with E-state index in [4.69, 9.17) is 9.47 Å². The Hall–Kier alpha value is -2.62. The van der Waals surface area contributed by atoms with Crippen molar-refractivity contribution in [1.29, 1.82) is 0 Å². The lowest BCUT2D eigenvalue weighted by atomic mass is 10.2. The van der Waals surface area contributed by atoms with Crippen LogP contribution in [0, 0.1) is 0 Å². The van der Waals surface area contributed by atoms with Crippen LogP contribution in [0.15, 0.2) is 60.7 Å². The molecule has 0 aliphatic carbocycles. The van der Waals surface area contributed by atoms with Crippen molar-refractivity contribution in [3.8, 4) is 0 Å². The van der Waals surface area contributed by atoms with Gasteiger partial charge in [0.25, 0.3) is 0 Å². The smallest absolute Gasteiger partial charge is 0.305 e. The summed E-state index contributed by atoms with van der Waals surface area (Å²) in [6.07, 6.45) is 0.437. The van der Waals surface area contributed by atoms with Crippen molar-refractivity contribution in [1.82, 2.24) is 0 Å². The SMILES string of the molecule is CC(=O)OCc1ccccc1.CCC(=O)OCc1ccccc1. The van der Waals surface area contributed by atoms with Crippen molar-refractivity contribution in [2.24, 2.45) is 0 Å². The van der Waals surface area contributed by atoms with Gasteiger partial charge in [-0.05, 0) is 11.1 Å². The molecule has 2 rings (SSSR count). The number of ether oxygens (including phenoxy) is 2. The second kappa shape index (κ2) is 11.0. The fourth-order valence-electron chi connectivity index (χ4n) is 1.60. The summed E-state index contributed by atoms with van der Waals surface area (Å²) in [6, 6.07) is 19.3. The summed E-state index contributed by atoms with van der Waals surface area (Å²) in [5.41, 5.74) is 2.04. The molecule has 0 aromatic heterocycles. The first-order valence-electron chi connectivity index (χ1n) is 7.48. The molecule has 0 spiro atoms. The van der Waals surface area contributed by atoms with E-state index in [-0.39, 0.29) is 11.9 Å². The molecule has 0 radical (unpaired) electrons. The van der Waals surface area contributed by atoms with E-state index in [0.717, 1.165) is 11.1 Å². The highest BCUT2D eigenvalue weighted by Gasteiger charge is 1.97. The highest BCUT2D eigenvalue weighted by molar-refractivity contribution is 5.68. The molecule has 0 unspecified atom stereocenters. The van der Waals surface area contributed by atoms with Crippen LogP contribution in [0.2, 0.25) is 0 Å². The van der Waals surface area contributed by atoms with Gasteiger partial charge in [-0.25, -0.2) is 0 Å². The number of hydrogen-bond donors (Lipinski definition) is 0. The number of esters is 2. The number of rotatable bonds is 5. The molecule has 4 nitrogen and oxygen atoms in total. The highest BCUT2D eigenvalue weighted by Crippen LogP contribution is 2.01. The Bertz CT molecular complexity index is 579. The molecule has 0 amide bonds. The van der Waals surface area contributed by atoms with Gasteiger partial charge in [0.1, 0.15) is 13.2 Å². The summed E-state index contributed by atoms with van der Waals surface area (Å²) in [5.74, 6) is -0.396. The van der Waals surface area contributed by atoms with Crippen LogP contribution in [0.3, 0.4) is 0 Å². The molecular weight excluding hydrogens is 292 g/mol. The molecular formula is C19H22O4. The molecule has 0 N–H and O–H groups in total. The van der Waals surface area contributed by atoms with Crippen molar-refractivity contribution in [2.45, 2.75) is 33.5 Å². The number of hydrogen-bond acceptors (Lipinski definition) is 4. The molecule has 0 saturated carbocycles. The van der Waals surface area contributed by atoms with Gasteiger partial charge in [0.05, 0.1) is 0 Å². The summed E-state index contributed by atoms with van der Waals surface area (Å²) >= 11 is 0. The first-order valence-corrected chi connectivity index (χ1v) is 7.48. The first kappa shape index (κ1) is 18.4. The van der Waals surface area contributed by atoms with E-state index in [0.29, 0.717) is 19.6 Å². The minimum atomic E-state index is -0.242. The third-order valence-electron chi connectivity index (χ3n) is 2.82. The van der Waals surface area contributed by atoms with Gasteiger partial charge in [0, 0.05) is 13.3 Å². The van der Waals surface area contributed by atoms with Crippen LogP contribution >= 0.6 is 0 Å². The van der Waals surface area contributed by atoms with Gasteiger partial charge in [-0.3, -0.25) is 9.59 Å². The van der Waals surface area contributed by atoms with Gasteiger partial charge in [-0.2, -0.15) is 0 Å². The van der Waals surface area contributed by atoms with Gasteiger partial charge in [0.15, 0.2) is 0 Å². The van der Waals surface area contributed by atoms with E-state index in [1.165, 1.54) is 6.92 Å². The fourth-order valence-corrected chi connectivity index (χ4v) is 1.60. The molecule has 0 saturated heterocycles. The number of benzene rings is 2. The first-order chi connectivity index (χ1) is 11.1. The highest BCUT2D eigenvalue weighted by atomic mass is 16.5. The average molecular weight is 314 g/mol. The number of carbonyl (C=O) groups is 2. The zero-order valence-corrected chi connectivity index (χ0v) is 13.5. The normalized spacial score (nSPS) is 9.30. The second-order valence-corrected chi connectivity index (χ2v) is 4.77. The Morgan fingerprint density at radius 1 is 0.783 bits per heavy atom. The van der Waals surface area contributed by atoms with E-state index in [1.54, 1.807) is 6.92 Å². The predicted molar refractivity (Wildman–Crippen MR) is 88.4 cm³/mol. The minimum absolute atomic E-state index is 0.154. The van der Waals surface area contributed by atoms with Crippen LogP contribution in [0.4, 0.5) is 0 Å². The zero-order chi connectivity index (χ0) is 16.9. The third kappa shape index (κ3) is 9.09. The van der Waals surface area contributed by atoms with Crippen LogP contribution in [-0.2, 0) is 32.3 Å². The van der Waals surface area contributed by atoms with Crippen molar-refractivity contribution in [2.75, 3.05) is 0 Å². The Balaban J connectivity index is 0.000000231. The lowest BCUT2D eigenvalue weighted by Crippen LogP contribution is -2.01. The molecule has 0 heterocycles. The molecule has 4 heteroatoms. The summed E-state index contributed by atoms with van der Waals surface area (Å²) < 4.78 is 9.73. The van der Waals surface area contributed by atoms with Crippen molar-refractivity contribution in [3.63, 3.8) is 0 Å². The summed E-state index contributed by atoms with van der Waals surface area (Å²) in [6.45, 7) is 3.94. The van der Waals surface area contributed by atoms with Gasteiger partial charge < -0.3 is 9.47 Å². The Morgan fingerprint density at radius 3 is 1.61 bits per heavy atom. The van der Waals surface area contributed by atoms with Crippen LogP contribution in [0.1, 0.15) is 31.4 Å². The van der Waals surface area contributed by atoms with Gasteiger partial charge in [0.2, 0.25) is 0 Å². The maximum Gasteiger partial charge on any atom is 0.305 e. The van der Waals surface area contributed by atoms with E-state index < -0.39 is 0 Å². The monoisotopic (exact) mass is 314 g/mol. The zero-order valence-electron chi connectivity index (χ0n) is 13.5. The number of carbonyl (C=O) groups excluding carboxylic acids is 2. The van der Waals surface area contributed by atoms with Gasteiger partial charge in [-0.15, -0.1) is 0 Å². The lowest BCUT2D eigenvalue weighted by molar-refractivity contribution is -0.144. The molecule has 0 bridgehead atoms. The molecule has 122 valence electrons. The minimum Gasteiger partial charge on any atom is -0.461 e. The molecule has 2 aromatic rings. The van der Waals surface area contributed by atoms with E-state index in [2.05, 4.69) is 0 Å². The Morgan fingerprint density at radius 2 is 1.22 bits per heavy atom. The maximum absolute atomic E-state index is 10.8. The lowest BCUT2D eigenvalue weighted by Gasteiger charge is -2.01. The van der Waals surface area contributed by atoms with Gasteiger partial charge >= 0.3 is 11.9 Å². The van der Waals surface area contributed by atoms with E-state index in [9.17, 15) is 9.59 Å². The topological polar surface area (TPSA) is 52.6 Å². The quantitative estimate of drug-likeness (QED) is 0.786. The van der Waals surface area contributed by atoms with Crippen molar-refractivity contribution in [3.05, 3.63) is 71.8 Å². The van der Waals surface area contributed by atoms with E-state index in [1.807, 2.05) is 60.7 Å².